The fourth-order valence-corrected chi connectivity index (χ4v) is 8.95. The van der Waals surface area contributed by atoms with Crippen LogP contribution in [0.15, 0.2) is 0 Å². The molecule has 0 atom stereocenters. The van der Waals surface area contributed by atoms with Crippen LogP contribution in [0, 0.1) is 5.41 Å². The lowest BCUT2D eigenvalue weighted by molar-refractivity contribution is -0.309. The molecule has 0 bridgehead atoms. The van der Waals surface area contributed by atoms with Gasteiger partial charge >= 0.3 is 0 Å². The maximum atomic E-state index is 10.7. The highest BCUT2D eigenvalue weighted by molar-refractivity contribution is 5.00. The van der Waals surface area contributed by atoms with Crippen molar-refractivity contribution < 1.29 is 10.2 Å². The normalized spacial score (nSPS) is 26.2. The van der Waals surface area contributed by atoms with Crippen LogP contribution in [0.25, 0.3) is 0 Å². The molecule has 2 saturated carbocycles. The monoisotopic (exact) mass is 661 g/mol. The quantitative estimate of drug-likeness (QED) is 0.254. The lowest BCUT2D eigenvalue weighted by Crippen LogP contribution is -2.57. The first-order chi connectivity index (χ1) is 23.2. The summed E-state index contributed by atoms with van der Waals surface area (Å²) in [6.07, 6.45) is 59.2. The Kier molecular flexibility index (Phi) is 28.2. The first kappa shape index (κ1) is 43.1. The van der Waals surface area contributed by atoms with E-state index in [0.29, 0.717) is 6.42 Å². The van der Waals surface area contributed by atoms with Gasteiger partial charge < -0.3 is 10.2 Å². The lowest BCUT2D eigenvalue weighted by atomic mass is 9.58. The van der Waals surface area contributed by atoms with Gasteiger partial charge in [-0.15, -0.1) is 0 Å². The van der Waals surface area contributed by atoms with E-state index in [1.54, 1.807) is 0 Å². The zero-order valence-corrected chi connectivity index (χ0v) is 32.3. The second-order valence-electron chi connectivity index (χ2n) is 16.9. The number of hydrogen-bond acceptors (Lipinski definition) is 2. The summed E-state index contributed by atoms with van der Waals surface area (Å²) in [5, 5.41) is 21.4. The van der Waals surface area contributed by atoms with Gasteiger partial charge in [0.2, 0.25) is 0 Å². The largest absolute Gasteiger partial charge is 0.365 e. The minimum atomic E-state index is -1.39. The van der Waals surface area contributed by atoms with Gasteiger partial charge in [0.05, 0.1) is 0 Å². The molecule has 0 aromatic heterocycles. The maximum absolute atomic E-state index is 10.7. The average molecular weight is 661 g/mol. The van der Waals surface area contributed by atoms with Crippen LogP contribution in [0.2, 0.25) is 0 Å². The second-order valence-corrected chi connectivity index (χ2v) is 16.9. The second kappa shape index (κ2) is 30.7. The number of hydrogen-bond donors (Lipinski definition) is 2. The van der Waals surface area contributed by atoms with Gasteiger partial charge in [-0.3, -0.25) is 0 Å². The molecule has 2 fully saturated rings. The van der Waals surface area contributed by atoms with E-state index in [0.717, 1.165) is 19.3 Å². The third-order valence-electron chi connectivity index (χ3n) is 12.6. The van der Waals surface area contributed by atoms with Crippen LogP contribution in [0.5, 0.6) is 0 Å². The third kappa shape index (κ3) is 23.1. The van der Waals surface area contributed by atoms with Gasteiger partial charge in [-0.05, 0) is 19.3 Å². The van der Waals surface area contributed by atoms with Gasteiger partial charge in [0, 0.05) is 11.8 Å². The van der Waals surface area contributed by atoms with Gasteiger partial charge in [-0.1, -0.05) is 250 Å². The molecule has 0 aliphatic heterocycles. The summed E-state index contributed by atoms with van der Waals surface area (Å²) in [6.45, 7) is 0. The zero-order chi connectivity index (χ0) is 33.4. The smallest absolute Gasteiger partial charge is 0.168 e. The van der Waals surface area contributed by atoms with Crippen LogP contribution in [0.4, 0.5) is 0 Å². The predicted octanol–water partition coefficient (Wildman–Crippen LogP) is 15.5. The SMILES string of the molecule is OC1(O)CCC12CCCCCCCCCCCCCCCCCCCCCCCCCCCCCCCCCCCCCCCCC2. The highest BCUT2D eigenvalue weighted by Crippen LogP contribution is 2.55. The Morgan fingerprint density at radius 1 is 0.170 bits per heavy atom. The van der Waals surface area contributed by atoms with E-state index in [9.17, 15) is 10.2 Å². The van der Waals surface area contributed by atoms with E-state index in [-0.39, 0.29) is 5.41 Å². The van der Waals surface area contributed by atoms with E-state index < -0.39 is 5.79 Å². The summed E-state index contributed by atoms with van der Waals surface area (Å²) in [6, 6.07) is 0. The summed E-state index contributed by atoms with van der Waals surface area (Å²) in [4.78, 5) is 0. The van der Waals surface area contributed by atoms with Gasteiger partial charge in [0.25, 0.3) is 0 Å². The van der Waals surface area contributed by atoms with Crippen molar-refractivity contribution in [1.29, 1.82) is 0 Å². The fraction of sp³-hybridized carbons (Fsp3) is 1.00. The Morgan fingerprint density at radius 2 is 0.319 bits per heavy atom. The Balaban J connectivity index is 1.54. The molecule has 2 aliphatic carbocycles. The molecule has 2 aliphatic rings. The van der Waals surface area contributed by atoms with Crippen molar-refractivity contribution in [3.63, 3.8) is 0 Å². The van der Waals surface area contributed by atoms with Crippen LogP contribution in [0.1, 0.15) is 276 Å². The van der Waals surface area contributed by atoms with Crippen molar-refractivity contribution in [2.45, 2.75) is 282 Å². The van der Waals surface area contributed by atoms with Crippen molar-refractivity contribution in [3.05, 3.63) is 0 Å². The minimum Gasteiger partial charge on any atom is -0.365 e. The Hall–Kier alpha value is -0.0800. The van der Waals surface area contributed by atoms with Crippen molar-refractivity contribution in [3.8, 4) is 0 Å². The predicted molar refractivity (Wildman–Crippen MR) is 208 cm³/mol. The molecule has 0 heterocycles. The van der Waals surface area contributed by atoms with E-state index >= 15 is 0 Å². The Bertz CT molecular complexity index is 600. The van der Waals surface area contributed by atoms with Crippen LogP contribution in [-0.4, -0.2) is 16.0 Å². The first-order valence-corrected chi connectivity index (χ1v) is 22.6. The molecule has 0 unspecified atom stereocenters. The topological polar surface area (TPSA) is 40.5 Å². The molecule has 0 aromatic rings. The van der Waals surface area contributed by atoms with Crippen LogP contribution in [0.3, 0.4) is 0 Å². The van der Waals surface area contributed by atoms with E-state index in [1.807, 2.05) is 0 Å². The molecule has 280 valence electrons. The molecule has 0 saturated heterocycles. The molecule has 1 spiro atoms. The molecular formula is C45H88O2. The first-order valence-electron chi connectivity index (χ1n) is 22.6. The lowest BCUT2D eigenvalue weighted by Gasteiger charge is -2.53. The molecular weight excluding hydrogens is 572 g/mol. The zero-order valence-electron chi connectivity index (χ0n) is 32.3. The van der Waals surface area contributed by atoms with E-state index in [1.165, 1.54) is 250 Å². The molecule has 47 heavy (non-hydrogen) atoms. The molecule has 0 aromatic carbocycles. The number of aliphatic hydroxyl groups is 2. The van der Waals surface area contributed by atoms with E-state index in [2.05, 4.69) is 0 Å². The average Bonchev–Trinajstić information content (AvgIpc) is 3.07. The molecule has 2 nitrogen and oxygen atoms in total. The maximum Gasteiger partial charge on any atom is 0.168 e. The van der Waals surface area contributed by atoms with Crippen molar-refractivity contribution in [1.82, 2.24) is 0 Å². The summed E-state index contributed by atoms with van der Waals surface area (Å²) < 4.78 is 0. The van der Waals surface area contributed by atoms with Crippen LogP contribution in [-0.2, 0) is 0 Å². The fourth-order valence-electron chi connectivity index (χ4n) is 8.95. The molecule has 2 rings (SSSR count). The standard InChI is InChI=1S/C45H88O2/c46-45(47)43-42-44(45)40-38-36-34-32-30-28-26-24-22-20-18-16-14-12-10-8-6-4-2-1-3-5-7-9-11-13-15-17-19-21-23-25-27-29-31-33-35-37-39-41-44/h46-47H,1-43H2. The van der Waals surface area contributed by atoms with Gasteiger partial charge in [0.1, 0.15) is 0 Å². The Labute approximate surface area is 296 Å². The van der Waals surface area contributed by atoms with Crippen LogP contribution >= 0.6 is 0 Å². The Morgan fingerprint density at radius 3 is 0.426 bits per heavy atom. The van der Waals surface area contributed by atoms with E-state index in [4.69, 9.17) is 0 Å². The number of rotatable bonds is 0. The summed E-state index contributed by atoms with van der Waals surface area (Å²) in [5.41, 5.74) is -0.196. The van der Waals surface area contributed by atoms with Crippen molar-refractivity contribution in [2.75, 3.05) is 0 Å². The molecule has 2 heteroatoms. The summed E-state index contributed by atoms with van der Waals surface area (Å²) in [5.74, 6) is -1.39. The van der Waals surface area contributed by atoms with Gasteiger partial charge in [-0.25, -0.2) is 0 Å². The van der Waals surface area contributed by atoms with Crippen molar-refractivity contribution >= 4 is 0 Å². The highest BCUT2D eigenvalue weighted by atomic mass is 16.5. The molecule has 0 radical (unpaired) electrons. The third-order valence-corrected chi connectivity index (χ3v) is 12.6. The summed E-state index contributed by atoms with van der Waals surface area (Å²) in [7, 11) is 0. The van der Waals surface area contributed by atoms with Gasteiger partial charge in [0.15, 0.2) is 5.79 Å². The summed E-state index contributed by atoms with van der Waals surface area (Å²) >= 11 is 0. The van der Waals surface area contributed by atoms with Crippen LogP contribution < -0.4 is 0 Å². The van der Waals surface area contributed by atoms with Gasteiger partial charge in [-0.2, -0.15) is 0 Å². The molecule has 0 amide bonds. The van der Waals surface area contributed by atoms with Crippen molar-refractivity contribution in [2.24, 2.45) is 5.41 Å². The minimum absolute atomic E-state index is 0.196. The highest BCUT2D eigenvalue weighted by Gasteiger charge is 2.56. The molecule has 2 N–H and O–H groups in total.